The summed E-state index contributed by atoms with van der Waals surface area (Å²) in [5.74, 6) is -0.170. The third-order valence-corrected chi connectivity index (χ3v) is 3.04. The Morgan fingerprint density at radius 2 is 1.89 bits per heavy atom. The summed E-state index contributed by atoms with van der Waals surface area (Å²) in [5.41, 5.74) is 12.4. The molecule has 0 atom stereocenters. The van der Waals surface area contributed by atoms with Gasteiger partial charge < -0.3 is 16.2 Å². The molecule has 0 aromatic heterocycles. The number of nitrogen functional groups attached to an aromatic ring is 1. The molecule has 0 unspecified atom stereocenters. The lowest BCUT2D eigenvalue weighted by Crippen LogP contribution is -2.14. The van der Waals surface area contributed by atoms with Gasteiger partial charge in [0.2, 0.25) is 0 Å². The summed E-state index contributed by atoms with van der Waals surface area (Å²) >= 11 is 6.03. The summed E-state index contributed by atoms with van der Waals surface area (Å²) in [6.07, 6.45) is 0. The van der Waals surface area contributed by atoms with Crippen molar-refractivity contribution in [1.29, 1.82) is 0 Å². The van der Waals surface area contributed by atoms with Gasteiger partial charge in [0.1, 0.15) is 12.4 Å². The first kappa shape index (κ1) is 13.2. The highest BCUT2D eigenvalue weighted by molar-refractivity contribution is 6.31. The predicted octanol–water partition coefficient (Wildman–Crippen LogP) is 2.60. The molecule has 0 spiro atoms. The van der Waals surface area contributed by atoms with Crippen LogP contribution in [-0.4, -0.2) is 5.91 Å². The van der Waals surface area contributed by atoms with Crippen LogP contribution in [0.15, 0.2) is 42.5 Å². The number of hydrogen-bond acceptors (Lipinski definition) is 3. The molecular weight excluding hydrogens is 264 g/mol. The van der Waals surface area contributed by atoms with Gasteiger partial charge in [-0.3, -0.25) is 4.79 Å². The zero-order valence-corrected chi connectivity index (χ0v) is 10.9. The smallest absolute Gasteiger partial charge is 0.250 e. The van der Waals surface area contributed by atoms with E-state index in [1.807, 2.05) is 18.2 Å². The van der Waals surface area contributed by atoms with E-state index < -0.39 is 5.91 Å². The lowest BCUT2D eigenvalue weighted by atomic mass is 10.1. The number of benzene rings is 2. The van der Waals surface area contributed by atoms with Crippen LogP contribution in [0.5, 0.6) is 5.75 Å². The summed E-state index contributed by atoms with van der Waals surface area (Å²) in [7, 11) is 0. The van der Waals surface area contributed by atoms with Crippen molar-refractivity contribution in [1.82, 2.24) is 0 Å². The highest BCUT2D eigenvalue weighted by Gasteiger charge is 2.10. The second kappa shape index (κ2) is 5.63. The van der Waals surface area contributed by atoms with Gasteiger partial charge in [-0.15, -0.1) is 0 Å². The number of anilines is 1. The molecule has 4 N–H and O–H groups in total. The lowest BCUT2D eigenvalue weighted by Gasteiger charge is -2.11. The summed E-state index contributed by atoms with van der Waals surface area (Å²) in [4.78, 5) is 11.2. The van der Waals surface area contributed by atoms with Crippen molar-refractivity contribution in [3.63, 3.8) is 0 Å². The van der Waals surface area contributed by atoms with Crippen LogP contribution in [0, 0.1) is 0 Å². The van der Waals surface area contributed by atoms with Crippen LogP contribution in [-0.2, 0) is 6.61 Å². The molecule has 0 heterocycles. The van der Waals surface area contributed by atoms with Gasteiger partial charge in [-0.25, -0.2) is 0 Å². The number of para-hydroxylation sites is 1. The number of carbonyl (C=O) groups is 1. The van der Waals surface area contributed by atoms with Crippen molar-refractivity contribution in [3.8, 4) is 5.75 Å². The van der Waals surface area contributed by atoms with Gasteiger partial charge in [0.25, 0.3) is 5.91 Å². The molecule has 2 rings (SSSR count). The van der Waals surface area contributed by atoms with Gasteiger partial charge >= 0.3 is 0 Å². The van der Waals surface area contributed by atoms with Crippen LogP contribution in [0.2, 0.25) is 5.02 Å². The largest absolute Gasteiger partial charge is 0.487 e. The van der Waals surface area contributed by atoms with Crippen LogP contribution < -0.4 is 16.2 Å². The van der Waals surface area contributed by atoms with E-state index in [0.717, 1.165) is 5.56 Å². The highest BCUT2D eigenvalue weighted by atomic mass is 35.5. The molecule has 0 aliphatic heterocycles. The van der Waals surface area contributed by atoms with Gasteiger partial charge in [-0.05, 0) is 18.2 Å². The number of rotatable bonds is 4. The molecule has 19 heavy (non-hydrogen) atoms. The molecule has 0 radical (unpaired) electrons. The van der Waals surface area contributed by atoms with Crippen molar-refractivity contribution >= 4 is 23.2 Å². The first-order valence-corrected chi connectivity index (χ1v) is 6.02. The number of amides is 1. The zero-order chi connectivity index (χ0) is 13.8. The molecule has 2 aromatic rings. The molecule has 0 bridgehead atoms. The Labute approximate surface area is 115 Å². The van der Waals surface area contributed by atoms with Crippen molar-refractivity contribution in [3.05, 3.63) is 58.6 Å². The van der Waals surface area contributed by atoms with Crippen molar-refractivity contribution < 1.29 is 9.53 Å². The minimum atomic E-state index is -0.583. The molecular formula is C14H13ClN2O2. The number of primary amides is 1. The monoisotopic (exact) mass is 276 g/mol. The van der Waals surface area contributed by atoms with E-state index in [-0.39, 0.29) is 17.9 Å². The Hall–Kier alpha value is -2.20. The zero-order valence-electron chi connectivity index (χ0n) is 10.1. The topological polar surface area (TPSA) is 78.3 Å². The summed E-state index contributed by atoms with van der Waals surface area (Å²) in [6, 6.07) is 12.2. The number of carbonyl (C=O) groups excluding carboxylic acids is 1. The van der Waals surface area contributed by atoms with Gasteiger partial charge in [-0.2, -0.15) is 0 Å². The third kappa shape index (κ3) is 2.98. The van der Waals surface area contributed by atoms with E-state index >= 15 is 0 Å². The summed E-state index contributed by atoms with van der Waals surface area (Å²) in [5, 5.41) is 0.618. The van der Waals surface area contributed by atoms with Gasteiger partial charge in [0, 0.05) is 10.6 Å². The quantitative estimate of drug-likeness (QED) is 0.843. The Bertz CT molecular complexity index is 614. The first-order valence-electron chi connectivity index (χ1n) is 5.64. The summed E-state index contributed by atoms with van der Waals surface area (Å²) in [6.45, 7) is 0.270. The normalized spacial score (nSPS) is 10.2. The number of hydrogen-bond donors (Lipinski definition) is 2. The number of nitrogens with two attached hydrogens (primary N) is 2. The van der Waals surface area contributed by atoms with Crippen LogP contribution >= 0.6 is 11.6 Å². The van der Waals surface area contributed by atoms with Gasteiger partial charge in [0.05, 0.1) is 11.3 Å². The maximum atomic E-state index is 11.2. The fourth-order valence-electron chi connectivity index (χ4n) is 1.66. The van der Waals surface area contributed by atoms with E-state index in [0.29, 0.717) is 10.8 Å². The molecule has 4 nitrogen and oxygen atoms in total. The molecule has 0 saturated heterocycles. The average molecular weight is 277 g/mol. The van der Waals surface area contributed by atoms with E-state index in [1.165, 1.54) is 0 Å². The SMILES string of the molecule is NC(=O)c1cccc(OCc2ccccc2Cl)c1N. The first-order chi connectivity index (χ1) is 9.09. The standard InChI is InChI=1S/C14H13ClN2O2/c15-11-6-2-1-4-9(11)8-19-12-7-3-5-10(13(12)16)14(17)18/h1-7H,8,16H2,(H2,17,18). The number of halogens is 1. The fraction of sp³-hybridized carbons (Fsp3) is 0.0714. The van der Waals surface area contributed by atoms with Crippen LogP contribution in [0.4, 0.5) is 5.69 Å². The third-order valence-electron chi connectivity index (χ3n) is 2.67. The highest BCUT2D eigenvalue weighted by Crippen LogP contribution is 2.26. The Balaban J connectivity index is 2.19. The van der Waals surface area contributed by atoms with Crippen LogP contribution in [0.25, 0.3) is 0 Å². The Morgan fingerprint density at radius 3 is 2.58 bits per heavy atom. The second-order valence-corrected chi connectivity index (χ2v) is 4.37. The van der Waals surface area contributed by atoms with E-state index in [4.69, 9.17) is 27.8 Å². The summed E-state index contributed by atoms with van der Waals surface area (Å²) < 4.78 is 5.58. The maximum absolute atomic E-state index is 11.2. The van der Waals surface area contributed by atoms with Crippen molar-refractivity contribution in [2.45, 2.75) is 6.61 Å². The molecule has 2 aromatic carbocycles. The molecule has 0 saturated carbocycles. The van der Waals surface area contributed by atoms with Crippen LogP contribution in [0.3, 0.4) is 0 Å². The molecule has 0 fully saturated rings. The number of ether oxygens (including phenoxy) is 1. The lowest BCUT2D eigenvalue weighted by molar-refractivity contribution is 0.100. The predicted molar refractivity (Wildman–Crippen MR) is 75.2 cm³/mol. The Kier molecular flexibility index (Phi) is 3.92. The molecule has 0 aliphatic rings. The van der Waals surface area contributed by atoms with E-state index in [1.54, 1.807) is 24.3 Å². The van der Waals surface area contributed by atoms with Gasteiger partial charge in [-0.1, -0.05) is 35.9 Å². The molecule has 1 amide bonds. The van der Waals surface area contributed by atoms with Crippen molar-refractivity contribution in [2.75, 3.05) is 5.73 Å². The molecule has 5 heteroatoms. The van der Waals surface area contributed by atoms with Gasteiger partial charge in [0.15, 0.2) is 0 Å². The fourth-order valence-corrected chi connectivity index (χ4v) is 1.85. The molecule has 98 valence electrons. The van der Waals surface area contributed by atoms with E-state index in [2.05, 4.69) is 0 Å². The van der Waals surface area contributed by atoms with E-state index in [9.17, 15) is 4.79 Å². The van der Waals surface area contributed by atoms with Crippen LogP contribution in [0.1, 0.15) is 15.9 Å². The Morgan fingerprint density at radius 1 is 1.16 bits per heavy atom. The minimum absolute atomic E-state index is 0.238. The average Bonchev–Trinajstić information content (AvgIpc) is 2.39. The van der Waals surface area contributed by atoms with Crippen molar-refractivity contribution in [2.24, 2.45) is 5.73 Å². The second-order valence-electron chi connectivity index (χ2n) is 3.96. The molecule has 0 aliphatic carbocycles. The minimum Gasteiger partial charge on any atom is -0.487 e. The maximum Gasteiger partial charge on any atom is 0.250 e.